The molecule has 0 aliphatic rings. The first-order chi connectivity index (χ1) is 13.2. The summed E-state index contributed by atoms with van der Waals surface area (Å²) in [5, 5.41) is 11.0. The van der Waals surface area contributed by atoms with Crippen LogP contribution in [0.3, 0.4) is 0 Å². The highest BCUT2D eigenvalue weighted by Gasteiger charge is 2.07. The lowest BCUT2D eigenvalue weighted by Crippen LogP contribution is -2.36. The minimum atomic E-state index is 0. The van der Waals surface area contributed by atoms with Gasteiger partial charge < -0.3 is 15.4 Å². The molecule has 2 aromatic carbocycles. The van der Waals surface area contributed by atoms with Gasteiger partial charge in [0.25, 0.3) is 0 Å². The molecule has 0 unspecified atom stereocenters. The summed E-state index contributed by atoms with van der Waals surface area (Å²) in [7, 11) is 3.46. The fraction of sp³-hybridized carbons (Fsp3) is 0.238. The SMILES string of the molecule is CN=C(NCc1ccc(C)cc1OC)NCc1ccccc1-n1cccn1.I. The molecule has 0 spiro atoms. The number of halogens is 1. The number of nitrogens with one attached hydrogen (secondary N) is 2. The van der Waals surface area contributed by atoms with Crippen molar-refractivity contribution in [2.75, 3.05) is 14.2 Å². The molecule has 0 bridgehead atoms. The number of aliphatic imine (C=N–C) groups is 1. The molecule has 0 saturated carbocycles. The van der Waals surface area contributed by atoms with Crippen molar-refractivity contribution in [1.82, 2.24) is 20.4 Å². The van der Waals surface area contributed by atoms with Crippen LogP contribution < -0.4 is 15.4 Å². The zero-order chi connectivity index (χ0) is 19.1. The van der Waals surface area contributed by atoms with Gasteiger partial charge in [0.1, 0.15) is 5.75 Å². The fourth-order valence-electron chi connectivity index (χ4n) is 2.87. The van der Waals surface area contributed by atoms with E-state index in [-0.39, 0.29) is 24.0 Å². The number of nitrogens with zero attached hydrogens (tertiary/aromatic N) is 3. The van der Waals surface area contributed by atoms with Gasteiger partial charge >= 0.3 is 0 Å². The summed E-state index contributed by atoms with van der Waals surface area (Å²) >= 11 is 0. The van der Waals surface area contributed by atoms with Crippen LogP contribution >= 0.6 is 24.0 Å². The molecule has 6 nitrogen and oxygen atoms in total. The zero-order valence-corrected chi connectivity index (χ0v) is 18.7. The molecule has 0 aliphatic heterocycles. The van der Waals surface area contributed by atoms with Crippen molar-refractivity contribution in [2.45, 2.75) is 20.0 Å². The van der Waals surface area contributed by atoms with Crippen LogP contribution in [0.5, 0.6) is 5.75 Å². The first-order valence-electron chi connectivity index (χ1n) is 8.87. The molecule has 0 saturated heterocycles. The van der Waals surface area contributed by atoms with Gasteiger partial charge in [0, 0.05) is 38.1 Å². The second-order valence-corrected chi connectivity index (χ2v) is 6.17. The molecule has 0 amide bonds. The molecule has 28 heavy (non-hydrogen) atoms. The van der Waals surface area contributed by atoms with Crippen LogP contribution in [0.4, 0.5) is 0 Å². The van der Waals surface area contributed by atoms with Crippen molar-refractivity contribution in [2.24, 2.45) is 4.99 Å². The number of benzene rings is 2. The van der Waals surface area contributed by atoms with E-state index in [0.717, 1.165) is 28.5 Å². The van der Waals surface area contributed by atoms with Crippen molar-refractivity contribution in [3.05, 3.63) is 77.6 Å². The van der Waals surface area contributed by atoms with Crippen LogP contribution in [-0.4, -0.2) is 29.9 Å². The number of hydrogen-bond donors (Lipinski definition) is 2. The zero-order valence-electron chi connectivity index (χ0n) is 16.3. The maximum Gasteiger partial charge on any atom is 0.191 e. The van der Waals surface area contributed by atoms with E-state index in [2.05, 4.69) is 51.9 Å². The first kappa shape index (κ1) is 21.7. The highest BCUT2D eigenvalue weighted by atomic mass is 127. The minimum Gasteiger partial charge on any atom is -0.496 e. The van der Waals surface area contributed by atoms with Crippen LogP contribution in [0.25, 0.3) is 5.69 Å². The minimum absolute atomic E-state index is 0. The highest BCUT2D eigenvalue weighted by molar-refractivity contribution is 14.0. The van der Waals surface area contributed by atoms with Gasteiger partial charge in [0.2, 0.25) is 0 Å². The van der Waals surface area contributed by atoms with Crippen LogP contribution in [-0.2, 0) is 13.1 Å². The molecule has 0 radical (unpaired) electrons. The van der Waals surface area contributed by atoms with E-state index in [1.807, 2.05) is 35.1 Å². The largest absolute Gasteiger partial charge is 0.496 e. The maximum atomic E-state index is 5.47. The average Bonchev–Trinajstić information content (AvgIpc) is 3.23. The molecule has 1 aromatic heterocycles. The van der Waals surface area contributed by atoms with Gasteiger partial charge in [-0.15, -0.1) is 24.0 Å². The normalized spacial score (nSPS) is 10.9. The van der Waals surface area contributed by atoms with Gasteiger partial charge in [-0.3, -0.25) is 4.99 Å². The smallest absolute Gasteiger partial charge is 0.191 e. The van der Waals surface area contributed by atoms with E-state index in [1.165, 1.54) is 5.56 Å². The summed E-state index contributed by atoms with van der Waals surface area (Å²) in [6.07, 6.45) is 3.72. The van der Waals surface area contributed by atoms with Gasteiger partial charge in [-0.1, -0.05) is 30.3 Å². The average molecular weight is 491 g/mol. The summed E-state index contributed by atoms with van der Waals surface area (Å²) in [6, 6.07) is 16.3. The predicted octanol–water partition coefficient (Wildman–Crippen LogP) is 3.67. The number of para-hydroxylation sites is 1. The van der Waals surface area contributed by atoms with Crippen LogP contribution in [0.1, 0.15) is 16.7 Å². The fourth-order valence-corrected chi connectivity index (χ4v) is 2.87. The Morgan fingerprint density at radius 3 is 2.50 bits per heavy atom. The second kappa shape index (κ2) is 10.7. The first-order valence-corrected chi connectivity index (χ1v) is 8.87. The Kier molecular flexibility index (Phi) is 8.31. The molecule has 0 aliphatic carbocycles. The molecule has 3 rings (SSSR count). The Labute approximate surface area is 183 Å². The van der Waals surface area contributed by atoms with Crippen LogP contribution in [0.2, 0.25) is 0 Å². The Balaban J connectivity index is 0.00000280. The number of aryl methyl sites for hydroxylation is 1. The summed E-state index contributed by atoms with van der Waals surface area (Å²) in [5.74, 6) is 1.61. The van der Waals surface area contributed by atoms with Crippen molar-refractivity contribution in [1.29, 1.82) is 0 Å². The van der Waals surface area contributed by atoms with E-state index in [1.54, 1.807) is 20.4 Å². The van der Waals surface area contributed by atoms with Crippen molar-refractivity contribution in [3.8, 4) is 11.4 Å². The Morgan fingerprint density at radius 2 is 1.82 bits per heavy atom. The van der Waals surface area contributed by atoms with E-state index in [9.17, 15) is 0 Å². The van der Waals surface area contributed by atoms with E-state index < -0.39 is 0 Å². The Bertz CT molecular complexity index is 909. The lowest BCUT2D eigenvalue weighted by molar-refractivity contribution is 0.408. The molecule has 148 valence electrons. The van der Waals surface area contributed by atoms with Crippen molar-refractivity contribution in [3.63, 3.8) is 0 Å². The Morgan fingerprint density at radius 1 is 1.07 bits per heavy atom. The molecule has 3 aromatic rings. The van der Waals surface area contributed by atoms with E-state index >= 15 is 0 Å². The lowest BCUT2D eigenvalue weighted by Gasteiger charge is -2.15. The standard InChI is InChI=1S/C21H25N5O.HI/c1-16-9-10-18(20(13-16)27-3)15-24-21(22-2)23-14-17-7-4-5-8-19(17)26-12-6-11-25-26;/h4-13H,14-15H2,1-3H3,(H2,22,23,24);1H. The quantitative estimate of drug-likeness (QED) is 0.314. The van der Waals surface area contributed by atoms with E-state index in [0.29, 0.717) is 13.1 Å². The highest BCUT2D eigenvalue weighted by Crippen LogP contribution is 2.19. The molecule has 1 heterocycles. The van der Waals surface area contributed by atoms with E-state index in [4.69, 9.17) is 4.74 Å². The number of methoxy groups -OCH3 is 1. The lowest BCUT2D eigenvalue weighted by atomic mass is 10.1. The predicted molar refractivity (Wildman–Crippen MR) is 124 cm³/mol. The number of rotatable bonds is 6. The van der Waals surface area contributed by atoms with Crippen molar-refractivity contribution >= 4 is 29.9 Å². The third kappa shape index (κ3) is 5.48. The molecule has 2 N–H and O–H groups in total. The topological polar surface area (TPSA) is 63.5 Å². The van der Waals surface area contributed by atoms with Gasteiger partial charge in [-0.25, -0.2) is 4.68 Å². The van der Waals surface area contributed by atoms with Gasteiger partial charge in [-0.2, -0.15) is 5.10 Å². The second-order valence-electron chi connectivity index (χ2n) is 6.17. The number of guanidine groups is 1. The van der Waals surface area contributed by atoms with Gasteiger partial charge in [-0.05, 0) is 36.2 Å². The summed E-state index contributed by atoms with van der Waals surface area (Å²) in [5.41, 5.74) is 4.44. The summed E-state index contributed by atoms with van der Waals surface area (Å²) < 4.78 is 7.33. The van der Waals surface area contributed by atoms with Gasteiger partial charge in [0.05, 0.1) is 12.8 Å². The van der Waals surface area contributed by atoms with Crippen LogP contribution in [0.15, 0.2) is 65.9 Å². The monoisotopic (exact) mass is 491 g/mol. The molecule has 0 fully saturated rings. The number of hydrogen-bond acceptors (Lipinski definition) is 3. The number of aromatic nitrogens is 2. The third-order valence-corrected chi connectivity index (χ3v) is 4.30. The Hall–Kier alpha value is -2.55. The summed E-state index contributed by atoms with van der Waals surface area (Å²) in [4.78, 5) is 4.31. The third-order valence-electron chi connectivity index (χ3n) is 4.30. The van der Waals surface area contributed by atoms with Crippen LogP contribution in [0, 0.1) is 6.92 Å². The molecular weight excluding hydrogens is 465 g/mol. The molecule has 0 atom stereocenters. The maximum absolute atomic E-state index is 5.47. The van der Waals surface area contributed by atoms with Crippen molar-refractivity contribution < 1.29 is 4.74 Å². The summed E-state index contributed by atoms with van der Waals surface area (Å²) in [6.45, 7) is 3.32. The molecular formula is C21H26IN5O. The molecule has 7 heteroatoms. The number of ether oxygens (including phenoxy) is 1. The van der Waals surface area contributed by atoms with Gasteiger partial charge in [0.15, 0.2) is 5.96 Å².